The molecule has 0 radical (unpaired) electrons. The number of halogens is 1. The summed E-state index contributed by atoms with van der Waals surface area (Å²) in [5.74, 6) is -3.07. The Bertz CT molecular complexity index is 718. The van der Waals surface area contributed by atoms with E-state index >= 15 is 0 Å². The highest BCUT2D eigenvalue weighted by atomic mass is 32.1. The minimum absolute atomic E-state index is 0.205. The fraction of sp³-hybridized carbons (Fsp3) is 0.556. The fourth-order valence-corrected chi connectivity index (χ4v) is 2.50. The monoisotopic (exact) mass is 358 g/mol. The molecular weight excluding hydrogens is 346 g/mol. The first-order chi connectivity index (χ1) is 10.0. The summed E-state index contributed by atoms with van der Waals surface area (Å²) in [6.45, 7) is -1.32. The van der Waals surface area contributed by atoms with Crippen LogP contribution < -0.4 is 5.56 Å². The number of phosphoric acid groups is 1. The predicted molar refractivity (Wildman–Crippen MR) is 69.9 cm³/mol. The number of phosphoric ester groups is 1. The summed E-state index contributed by atoms with van der Waals surface area (Å²) >= 11 is 4.82. The van der Waals surface area contributed by atoms with Crippen molar-refractivity contribution in [2.45, 2.75) is 24.3 Å². The highest BCUT2D eigenvalue weighted by molar-refractivity contribution is 7.71. The number of hydrogen-bond donors (Lipinski definition) is 5. The Kier molecular flexibility index (Phi) is 4.66. The number of nitrogens with one attached hydrogen (secondary N) is 1. The maximum atomic E-state index is 14.4. The van der Waals surface area contributed by atoms with E-state index in [0.29, 0.717) is 0 Å². The Hall–Kier alpha value is -0.980. The molecule has 1 aromatic heterocycles. The quantitative estimate of drug-likeness (QED) is 0.334. The molecule has 1 fully saturated rings. The Balaban J connectivity index is 2.28. The standard InChI is InChI=1S/C9H12FN2O8PS/c10-9(3-19-21(16,17)18)6(15)5(14)7(20-9)12-2-1-4(13)11-8(12)22/h1-2,5-7,14-15H,3H2,(H,11,13,22)(H2,16,17,18)/t5-,6+,7-,9-/m1/s1. The molecule has 0 spiro atoms. The van der Waals surface area contributed by atoms with Crippen LogP contribution in [-0.4, -0.2) is 54.2 Å². The van der Waals surface area contributed by atoms with Crippen LogP contribution >= 0.6 is 20.0 Å². The van der Waals surface area contributed by atoms with Gasteiger partial charge in [-0.05, 0) is 12.2 Å². The molecule has 0 unspecified atom stereocenters. The van der Waals surface area contributed by atoms with Crippen LogP contribution in [0.5, 0.6) is 0 Å². The first-order valence-electron chi connectivity index (χ1n) is 5.78. The van der Waals surface area contributed by atoms with Crippen LogP contribution in [0.4, 0.5) is 4.39 Å². The summed E-state index contributed by atoms with van der Waals surface area (Å²) in [5.41, 5.74) is -0.536. The molecule has 1 aliphatic rings. The lowest BCUT2D eigenvalue weighted by molar-refractivity contribution is -0.204. The molecule has 1 aromatic rings. The molecule has 4 atom stereocenters. The van der Waals surface area contributed by atoms with E-state index in [9.17, 15) is 24.0 Å². The first kappa shape index (κ1) is 17.4. The minimum atomic E-state index is -5.00. The second-order valence-electron chi connectivity index (χ2n) is 4.51. The van der Waals surface area contributed by atoms with E-state index in [4.69, 9.17) is 26.7 Å². The third-order valence-corrected chi connectivity index (χ3v) is 3.71. The predicted octanol–water partition coefficient (Wildman–Crippen LogP) is -1.07. The van der Waals surface area contributed by atoms with Gasteiger partial charge in [-0.25, -0.2) is 8.96 Å². The number of aliphatic hydroxyl groups excluding tert-OH is 2. The molecule has 10 nitrogen and oxygen atoms in total. The van der Waals surface area contributed by atoms with Gasteiger partial charge < -0.3 is 24.7 Å². The SMILES string of the molecule is O=c1ccn([C@@H]2O[C@](F)(COP(=O)(O)O)[C@@H](O)[C@H]2O)c(=S)[nH]1. The molecule has 0 aliphatic carbocycles. The van der Waals surface area contributed by atoms with Gasteiger partial charge in [0.25, 0.3) is 11.4 Å². The highest BCUT2D eigenvalue weighted by Crippen LogP contribution is 2.43. The number of aliphatic hydroxyl groups is 2. The second-order valence-corrected chi connectivity index (χ2v) is 6.14. The molecule has 22 heavy (non-hydrogen) atoms. The Morgan fingerprint density at radius 1 is 1.55 bits per heavy atom. The summed E-state index contributed by atoms with van der Waals surface area (Å²) in [4.78, 5) is 30.4. The van der Waals surface area contributed by atoms with E-state index in [-0.39, 0.29) is 4.77 Å². The molecule has 2 rings (SSSR count). The van der Waals surface area contributed by atoms with Crippen LogP contribution in [0.3, 0.4) is 0 Å². The van der Waals surface area contributed by atoms with Crippen molar-refractivity contribution >= 4 is 20.0 Å². The lowest BCUT2D eigenvalue weighted by Gasteiger charge is -2.22. The van der Waals surface area contributed by atoms with Gasteiger partial charge in [0.1, 0.15) is 18.8 Å². The van der Waals surface area contributed by atoms with Crippen LogP contribution in [0.2, 0.25) is 0 Å². The van der Waals surface area contributed by atoms with E-state index in [1.54, 1.807) is 0 Å². The lowest BCUT2D eigenvalue weighted by Crippen LogP contribution is -2.42. The minimum Gasteiger partial charge on any atom is -0.385 e. The molecule has 1 saturated heterocycles. The van der Waals surface area contributed by atoms with Crippen molar-refractivity contribution in [3.8, 4) is 0 Å². The molecule has 0 saturated carbocycles. The van der Waals surface area contributed by atoms with Crippen molar-refractivity contribution in [1.82, 2.24) is 9.55 Å². The molecule has 2 heterocycles. The molecule has 0 aromatic carbocycles. The van der Waals surface area contributed by atoms with Gasteiger partial charge in [-0.15, -0.1) is 0 Å². The van der Waals surface area contributed by atoms with E-state index < -0.39 is 44.3 Å². The van der Waals surface area contributed by atoms with E-state index in [0.717, 1.165) is 16.8 Å². The maximum absolute atomic E-state index is 14.4. The third kappa shape index (κ3) is 3.50. The molecule has 0 amide bonds. The Morgan fingerprint density at radius 2 is 2.18 bits per heavy atom. The van der Waals surface area contributed by atoms with Gasteiger partial charge in [-0.3, -0.25) is 18.9 Å². The van der Waals surface area contributed by atoms with Crippen LogP contribution in [0.1, 0.15) is 6.23 Å². The largest absolute Gasteiger partial charge is 0.469 e. The Labute approximate surface area is 127 Å². The van der Waals surface area contributed by atoms with Crippen molar-refractivity contribution in [2.75, 3.05) is 6.61 Å². The Morgan fingerprint density at radius 3 is 2.73 bits per heavy atom. The van der Waals surface area contributed by atoms with Crippen molar-refractivity contribution < 1.29 is 38.2 Å². The third-order valence-electron chi connectivity index (χ3n) is 2.93. The number of alkyl halides is 1. The van der Waals surface area contributed by atoms with Crippen LogP contribution in [0, 0.1) is 4.77 Å². The van der Waals surface area contributed by atoms with Gasteiger partial charge in [0.05, 0.1) is 0 Å². The van der Waals surface area contributed by atoms with Crippen LogP contribution in [0.15, 0.2) is 17.1 Å². The van der Waals surface area contributed by atoms with Gasteiger partial charge in [-0.1, -0.05) is 0 Å². The number of H-pyrrole nitrogens is 1. The van der Waals surface area contributed by atoms with Crippen molar-refractivity contribution in [2.24, 2.45) is 0 Å². The normalized spacial score (nSPS) is 32.3. The molecule has 13 heteroatoms. The number of hydrogen-bond acceptors (Lipinski definition) is 7. The summed E-state index contributed by atoms with van der Waals surface area (Å²) < 4.78 is 34.6. The van der Waals surface area contributed by atoms with Gasteiger partial charge in [-0.2, -0.15) is 0 Å². The van der Waals surface area contributed by atoms with Gasteiger partial charge in [0.15, 0.2) is 11.0 Å². The maximum Gasteiger partial charge on any atom is 0.469 e. The summed E-state index contributed by atoms with van der Waals surface area (Å²) in [6.07, 6.45) is -4.39. The van der Waals surface area contributed by atoms with Crippen molar-refractivity contribution in [1.29, 1.82) is 0 Å². The van der Waals surface area contributed by atoms with E-state index in [2.05, 4.69) is 9.51 Å². The van der Waals surface area contributed by atoms with Crippen LogP contribution in [0.25, 0.3) is 0 Å². The zero-order valence-corrected chi connectivity index (χ0v) is 12.4. The number of rotatable bonds is 4. The topological polar surface area (TPSA) is 154 Å². The second kappa shape index (κ2) is 5.91. The average molecular weight is 358 g/mol. The molecule has 0 bridgehead atoms. The molecule has 1 aliphatic heterocycles. The number of aromatic nitrogens is 2. The number of ether oxygens (including phenoxy) is 1. The van der Waals surface area contributed by atoms with Crippen LogP contribution in [-0.2, 0) is 13.8 Å². The average Bonchev–Trinajstić information content (AvgIpc) is 2.61. The summed E-state index contributed by atoms with van der Waals surface area (Å²) in [6, 6.07) is 1.03. The summed E-state index contributed by atoms with van der Waals surface area (Å²) in [7, 11) is -5.00. The molecule has 5 N–H and O–H groups in total. The first-order valence-corrected chi connectivity index (χ1v) is 7.72. The molecule has 124 valence electrons. The highest BCUT2D eigenvalue weighted by Gasteiger charge is 2.56. The number of nitrogens with zero attached hydrogens (tertiary/aromatic N) is 1. The number of aromatic amines is 1. The van der Waals surface area contributed by atoms with Gasteiger partial charge >= 0.3 is 7.82 Å². The smallest absolute Gasteiger partial charge is 0.385 e. The zero-order chi connectivity index (χ0) is 16.7. The van der Waals surface area contributed by atoms with E-state index in [1.807, 2.05) is 0 Å². The van der Waals surface area contributed by atoms with Crippen molar-refractivity contribution in [3.63, 3.8) is 0 Å². The fourth-order valence-electron chi connectivity index (χ4n) is 1.89. The van der Waals surface area contributed by atoms with Gasteiger partial charge in [0, 0.05) is 12.3 Å². The van der Waals surface area contributed by atoms with Gasteiger partial charge in [0.2, 0.25) is 0 Å². The zero-order valence-electron chi connectivity index (χ0n) is 10.7. The van der Waals surface area contributed by atoms with E-state index in [1.165, 1.54) is 0 Å². The summed E-state index contributed by atoms with van der Waals surface area (Å²) in [5, 5.41) is 19.5. The molecular formula is C9H12FN2O8PS. The van der Waals surface area contributed by atoms with Crippen molar-refractivity contribution in [3.05, 3.63) is 27.4 Å². The lowest BCUT2D eigenvalue weighted by atomic mass is 10.1.